The molecule has 0 spiro atoms. The van der Waals surface area contributed by atoms with Gasteiger partial charge in [0.1, 0.15) is 11.5 Å². The van der Waals surface area contributed by atoms with Crippen molar-refractivity contribution < 1.29 is 22.2 Å². The van der Waals surface area contributed by atoms with Gasteiger partial charge in [0.25, 0.3) is 16.0 Å². The minimum atomic E-state index is -4.12. The Kier molecular flexibility index (Phi) is 5.37. The van der Waals surface area contributed by atoms with Gasteiger partial charge < -0.3 is 10.3 Å². The van der Waals surface area contributed by atoms with Crippen LogP contribution in [0.1, 0.15) is 9.67 Å². The lowest BCUT2D eigenvalue weighted by Crippen LogP contribution is -2.28. The lowest BCUT2D eigenvalue weighted by atomic mass is 10.1. The van der Waals surface area contributed by atoms with E-state index < -0.39 is 21.8 Å². The quantitative estimate of drug-likeness (QED) is 0.392. The van der Waals surface area contributed by atoms with E-state index in [1.54, 1.807) is 24.4 Å². The molecule has 0 aliphatic carbocycles. The van der Waals surface area contributed by atoms with Crippen LogP contribution in [0.15, 0.2) is 54.0 Å². The van der Waals surface area contributed by atoms with Gasteiger partial charge in [-0.2, -0.15) is 8.42 Å². The lowest BCUT2D eigenvalue weighted by Gasteiger charge is -2.01. The number of amides is 1. The van der Waals surface area contributed by atoms with Crippen molar-refractivity contribution in [2.24, 2.45) is 0 Å². The van der Waals surface area contributed by atoms with Crippen LogP contribution in [0.5, 0.6) is 0 Å². The number of benzene rings is 1. The summed E-state index contributed by atoms with van der Waals surface area (Å²) in [6.07, 6.45) is 1.69. The molecule has 4 aromatic rings. The first-order valence-electron chi connectivity index (χ1n) is 8.85. The number of thiophene rings is 1. The molecule has 1 aromatic carbocycles. The van der Waals surface area contributed by atoms with Crippen molar-refractivity contribution >= 4 is 38.4 Å². The Labute approximate surface area is 175 Å². The Morgan fingerprint density at radius 3 is 2.63 bits per heavy atom. The highest BCUT2D eigenvalue weighted by atomic mass is 32.2. The molecule has 3 aromatic heterocycles. The van der Waals surface area contributed by atoms with Gasteiger partial charge in [0.15, 0.2) is 0 Å². The molecule has 1 amide bonds. The summed E-state index contributed by atoms with van der Waals surface area (Å²) in [5, 5.41) is 5.15. The minimum Gasteiger partial charge on any atom is -0.350 e. The van der Waals surface area contributed by atoms with Crippen molar-refractivity contribution in [1.82, 2.24) is 15.3 Å². The average Bonchev–Trinajstić information content (AvgIpc) is 3.34. The first kappa shape index (κ1) is 20.2. The number of aromatic amines is 1. The third kappa shape index (κ3) is 4.56. The van der Waals surface area contributed by atoms with Crippen molar-refractivity contribution in [3.8, 4) is 22.4 Å². The van der Waals surface area contributed by atoms with Crippen LogP contribution in [-0.4, -0.2) is 41.1 Å². The largest absolute Gasteiger partial charge is 0.350 e. The number of carbonyl (C=O) groups excluding carboxylic acids is 1. The van der Waals surface area contributed by atoms with Gasteiger partial charge in [-0.15, -0.1) is 11.3 Å². The summed E-state index contributed by atoms with van der Waals surface area (Å²) >= 11 is 1.22. The minimum absolute atomic E-state index is 0.173. The number of rotatable bonds is 6. The first-order chi connectivity index (χ1) is 14.3. The van der Waals surface area contributed by atoms with Crippen LogP contribution in [0.2, 0.25) is 0 Å². The van der Waals surface area contributed by atoms with E-state index in [-0.39, 0.29) is 12.4 Å². The molecule has 7 nitrogen and oxygen atoms in total. The molecule has 154 valence electrons. The zero-order valence-electron chi connectivity index (χ0n) is 15.4. The second-order valence-corrected chi connectivity index (χ2v) is 9.08. The van der Waals surface area contributed by atoms with Gasteiger partial charge in [-0.3, -0.25) is 9.35 Å². The van der Waals surface area contributed by atoms with E-state index in [0.717, 1.165) is 27.8 Å². The summed E-state index contributed by atoms with van der Waals surface area (Å²) in [5.41, 5.74) is 3.98. The average molecular weight is 445 g/mol. The van der Waals surface area contributed by atoms with Gasteiger partial charge in [0.05, 0.1) is 10.6 Å². The summed E-state index contributed by atoms with van der Waals surface area (Å²) in [4.78, 5) is 20.2. The molecule has 3 heterocycles. The van der Waals surface area contributed by atoms with E-state index in [9.17, 15) is 17.6 Å². The van der Waals surface area contributed by atoms with E-state index in [1.165, 1.54) is 23.5 Å². The maximum absolute atomic E-state index is 13.1. The fraction of sp³-hybridized carbons (Fsp3) is 0.100. The van der Waals surface area contributed by atoms with E-state index in [1.807, 2.05) is 17.5 Å². The van der Waals surface area contributed by atoms with E-state index in [4.69, 9.17) is 4.55 Å². The fourth-order valence-electron chi connectivity index (χ4n) is 2.95. The summed E-state index contributed by atoms with van der Waals surface area (Å²) in [6.45, 7) is -0.173. The molecule has 3 N–H and O–H groups in total. The second kappa shape index (κ2) is 7.98. The van der Waals surface area contributed by atoms with E-state index in [2.05, 4.69) is 15.3 Å². The van der Waals surface area contributed by atoms with Crippen LogP contribution in [-0.2, 0) is 10.1 Å². The predicted molar refractivity (Wildman–Crippen MR) is 114 cm³/mol. The second-order valence-electron chi connectivity index (χ2n) is 6.59. The number of aromatic nitrogens is 2. The monoisotopic (exact) mass is 445 g/mol. The predicted octanol–water partition coefficient (Wildman–Crippen LogP) is 3.72. The summed E-state index contributed by atoms with van der Waals surface area (Å²) < 4.78 is 43.3. The zero-order chi connectivity index (χ0) is 21.3. The van der Waals surface area contributed by atoms with Gasteiger partial charge in [-0.25, -0.2) is 9.37 Å². The van der Waals surface area contributed by atoms with Crippen LogP contribution in [0.3, 0.4) is 0 Å². The maximum Gasteiger partial charge on any atom is 0.266 e. The van der Waals surface area contributed by atoms with Crippen molar-refractivity contribution in [2.75, 3.05) is 12.3 Å². The molecule has 0 aliphatic heterocycles. The Bertz CT molecular complexity index is 1330. The summed E-state index contributed by atoms with van der Waals surface area (Å²) in [5.74, 6) is -1.25. The van der Waals surface area contributed by atoms with Crippen molar-refractivity contribution in [2.45, 2.75) is 0 Å². The van der Waals surface area contributed by atoms with Gasteiger partial charge in [0.2, 0.25) is 0 Å². The number of nitrogens with one attached hydrogen (secondary N) is 2. The van der Waals surface area contributed by atoms with E-state index in [0.29, 0.717) is 10.5 Å². The molecule has 0 aliphatic rings. The fourth-order valence-corrected chi connectivity index (χ4v) is 4.14. The summed E-state index contributed by atoms with van der Waals surface area (Å²) in [6, 6.07) is 11.7. The third-order valence-corrected chi connectivity index (χ3v) is 6.08. The van der Waals surface area contributed by atoms with Crippen molar-refractivity contribution in [3.05, 3.63) is 64.7 Å². The zero-order valence-corrected chi connectivity index (χ0v) is 17.1. The number of pyridine rings is 1. The molecule has 0 unspecified atom stereocenters. The number of carbonyl (C=O) groups is 1. The standard InChI is InChI=1S/C20H16FN3O4S2/c21-16-3-1-12(2-4-16)17-8-13-7-14(10-23-19(13)24-17)15-9-18(29-11-15)20(25)22-5-6-30(26,27)28/h1-4,7-11H,5-6H2,(H,22,25)(H,23,24)(H,26,27,28). The highest BCUT2D eigenvalue weighted by Gasteiger charge is 2.13. The van der Waals surface area contributed by atoms with E-state index >= 15 is 0 Å². The first-order valence-corrected chi connectivity index (χ1v) is 11.3. The van der Waals surface area contributed by atoms with Crippen LogP contribution in [0.25, 0.3) is 33.4 Å². The van der Waals surface area contributed by atoms with Crippen LogP contribution in [0.4, 0.5) is 4.39 Å². The molecular formula is C20H16FN3O4S2. The Balaban J connectivity index is 1.53. The normalized spacial score (nSPS) is 11.7. The van der Waals surface area contributed by atoms with Gasteiger partial charge in [0, 0.05) is 29.4 Å². The number of H-pyrrole nitrogens is 1. The number of hydrogen-bond acceptors (Lipinski definition) is 5. The van der Waals surface area contributed by atoms with Crippen LogP contribution >= 0.6 is 11.3 Å². The number of halogens is 1. The molecule has 0 saturated carbocycles. The Hall–Kier alpha value is -3.08. The SMILES string of the molecule is O=C(NCCS(=O)(=O)O)c1cc(-c2cnc3[nH]c(-c4ccc(F)cc4)cc3c2)cs1. The highest BCUT2D eigenvalue weighted by Crippen LogP contribution is 2.29. The molecule has 30 heavy (non-hydrogen) atoms. The molecule has 0 saturated heterocycles. The maximum atomic E-state index is 13.1. The number of fused-ring (bicyclic) bond motifs is 1. The van der Waals surface area contributed by atoms with Crippen LogP contribution in [0, 0.1) is 5.82 Å². The Morgan fingerprint density at radius 2 is 1.90 bits per heavy atom. The molecule has 0 fully saturated rings. The molecule has 0 radical (unpaired) electrons. The number of nitrogens with zero attached hydrogens (tertiary/aromatic N) is 1. The van der Waals surface area contributed by atoms with Crippen LogP contribution < -0.4 is 5.32 Å². The van der Waals surface area contributed by atoms with Gasteiger partial charge in [-0.05, 0) is 59.0 Å². The Morgan fingerprint density at radius 1 is 1.13 bits per heavy atom. The molecule has 0 atom stereocenters. The van der Waals surface area contributed by atoms with Crippen molar-refractivity contribution in [3.63, 3.8) is 0 Å². The lowest BCUT2D eigenvalue weighted by molar-refractivity contribution is 0.0960. The highest BCUT2D eigenvalue weighted by molar-refractivity contribution is 7.85. The molecule has 10 heteroatoms. The topological polar surface area (TPSA) is 112 Å². The number of hydrogen-bond donors (Lipinski definition) is 3. The molecule has 4 rings (SSSR count). The molecule has 0 bridgehead atoms. The van der Waals surface area contributed by atoms with Gasteiger partial charge in [-0.1, -0.05) is 0 Å². The van der Waals surface area contributed by atoms with Gasteiger partial charge >= 0.3 is 0 Å². The molecular weight excluding hydrogens is 429 g/mol. The smallest absolute Gasteiger partial charge is 0.266 e. The van der Waals surface area contributed by atoms with Crippen molar-refractivity contribution in [1.29, 1.82) is 0 Å². The third-order valence-electron chi connectivity index (χ3n) is 4.43. The summed E-state index contributed by atoms with van der Waals surface area (Å²) in [7, 11) is -4.12.